The molecule has 3 aromatic carbocycles. The Morgan fingerprint density at radius 3 is 0.578 bits per heavy atom. The zero-order valence-corrected chi connectivity index (χ0v) is 30.1. The van der Waals surface area contributed by atoms with Crippen molar-refractivity contribution in [1.82, 2.24) is 0 Å². The van der Waals surface area contributed by atoms with Crippen LogP contribution in [0.15, 0.2) is 91.0 Å². The van der Waals surface area contributed by atoms with E-state index < -0.39 is 0 Å². The van der Waals surface area contributed by atoms with Crippen LogP contribution in [0, 0.1) is 0 Å². The lowest BCUT2D eigenvalue weighted by atomic mass is 10.2. The maximum absolute atomic E-state index is 2.29. The van der Waals surface area contributed by atoms with Crippen molar-refractivity contribution in [1.29, 1.82) is 0 Å². The molecule has 0 aliphatic rings. The highest BCUT2D eigenvalue weighted by Gasteiger charge is 2.22. The van der Waals surface area contributed by atoms with E-state index >= 15 is 0 Å². The number of hydrogen-bond acceptors (Lipinski definition) is 0. The first-order chi connectivity index (χ1) is 20.3. The van der Waals surface area contributed by atoms with E-state index in [1.807, 2.05) is 0 Å². The zero-order valence-electron chi connectivity index (χ0n) is 30.1. The van der Waals surface area contributed by atoms with E-state index in [4.69, 9.17) is 0 Å². The van der Waals surface area contributed by atoms with Crippen LogP contribution in [-0.4, -0.2) is 72.4 Å². The normalized spacial score (nSPS) is 10.9. The third-order valence-electron chi connectivity index (χ3n) is 10.1. The fourth-order valence-electron chi connectivity index (χ4n) is 5.93. The summed E-state index contributed by atoms with van der Waals surface area (Å²) in [7, 11) is 0. The van der Waals surface area contributed by atoms with Crippen LogP contribution in [0.1, 0.15) is 79.0 Å². The van der Waals surface area contributed by atoms with Gasteiger partial charge in [0, 0.05) is 16.7 Å². The molecule has 0 aliphatic carbocycles. The fraction of sp³-hybridized carbons (Fsp3) is 0.538. The van der Waals surface area contributed by atoms with Crippen molar-refractivity contribution >= 4 is 0 Å². The first-order valence-electron chi connectivity index (χ1n) is 17.0. The highest BCUT2D eigenvalue weighted by molar-refractivity contribution is 5.14. The minimum atomic E-state index is 0. The molecular weight excluding hydrogens is 567 g/mol. The summed E-state index contributed by atoms with van der Waals surface area (Å²) >= 11 is 0. The molecule has 258 valence electrons. The summed E-state index contributed by atoms with van der Waals surface area (Å²) in [5.74, 6) is 0. The SMILES string of the molecule is CC[N+](CC)(CC)Cc1ccccc1.CC[N+](CC)(CC)Cc1ccccc1.CC[N+](CC)(CC)Cc1ccccc1.[F-].[F-].[F-]. The molecule has 0 spiro atoms. The first kappa shape index (κ1) is 46.7. The Labute approximate surface area is 275 Å². The predicted molar refractivity (Wildman–Crippen MR) is 186 cm³/mol. The van der Waals surface area contributed by atoms with Gasteiger partial charge in [-0.05, 0) is 62.3 Å². The Bertz CT molecular complexity index is 875. The van der Waals surface area contributed by atoms with Crippen molar-refractivity contribution in [3.8, 4) is 0 Å². The standard InChI is InChI=1S/3C13H22N.3FH/c3*1-4-14(5-2,6-3)12-13-10-8-7-9-11-13;;;/h3*7-11H,4-6,12H2,1-3H3;3*1H/q3*+1;;;/p-3. The van der Waals surface area contributed by atoms with Gasteiger partial charge in [-0.25, -0.2) is 0 Å². The first-order valence-corrected chi connectivity index (χ1v) is 17.0. The summed E-state index contributed by atoms with van der Waals surface area (Å²) in [5, 5.41) is 0. The lowest BCUT2D eigenvalue weighted by molar-refractivity contribution is -0.936. The molecule has 3 aromatic rings. The van der Waals surface area contributed by atoms with Gasteiger partial charge in [-0.1, -0.05) is 91.0 Å². The predicted octanol–water partition coefficient (Wildman–Crippen LogP) is 0.201. The van der Waals surface area contributed by atoms with Crippen LogP contribution in [0.3, 0.4) is 0 Å². The van der Waals surface area contributed by atoms with Crippen LogP contribution in [0.4, 0.5) is 0 Å². The van der Waals surface area contributed by atoms with Crippen LogP contribution in [-0.2, 0) is 19.6 Å². The second kappa shape index (κ2) is 25.5. The quantitative estimate of drug-likeness (QED) is 0.210. The summed E-state index contributed by atoms with van der Waals surface area (Å²) in [4.78, 5) is 0. The Morgan fingerprint density at radius 2 is 0.444 bits per heavy atom. The number of hydrogen-bond donors (Lipinski definition) is 0. The van der Waals surface area contributed by atoms with Crippen LogP contribution >= 0.6 is 0 Å². The summed E-state index contributed by atoms with van der Waals surface area (Å²) in [5.41, 5.74) is 4.37. The van der Waals surface area contributed by atoms with E-state index in [0.29, 0.717) is 0 Å². The molecule has 0 amide bonds. The van der Waals surface area contributed by atoms with E-state index in [2.05, 4.69) is 153 Å². The molecule has 0 unspecified atom stereocenters. The maximum Gasteiger partial charge on any atom is 0.104 e. The molecule has 6 heteroatoms. The Kier molecular flexibility index (Phi) is 26.5. The molecule has 0 saturated heterocycles. The van der Waals surface area contributed by atoms with Crippen LogP contribution in [0.5, 0.6) is 0 Å². The molecule has 0 aromatic heterocycles. The molecule has 0 fully saturated rings. The van der Waals surface area contributed by atoms with Crippen molar-refractivity contribution in [3.05, 3.63) is 108 Å². The Balaban J connectivity index is -0.000000569. The second-order valence-corrected chi connectivity index (χ2v) is 11.8. The molecule has 3 rings (SSSR count). The smallest absolute Gasteiger partial charge is 0.104 e. The molecule has 45 heavy (non-hydrogen) atoms. The molecule has 0 saturated carbocycles. The van der Waals surface area contributed by atoms with E-state index in [1.165, 1.54) is 109 Å². The van der Waals surface area contributed by atoms with E-state index in [1.54, 1.807) is 0 Å². The van der Waals surface area contributed by atoms with Gasteiger partial charge in [0.15, 0.2) is 0 Å². The molecule has 0 N–H and O–H groups in total. The second-order valence-electron chi connectivity index (χ2n) is 11.8. The van der Waals surface area contributed by atoms with Crippen LogP contribution < -0.4 is 14.1 Å². The van der Waals surface area contributed by atoms with E-state index in [9.17, 15) is 0 Å². The molecule has 0 atom stereocenters. The number of benzene rings is 3. The van der Waals surface area contributed by atoms with Crippen molar-refractivity contribution in [2.24, 2.45) is 0 Å². The number of nitrogens with zero attached hydrogens (tertiary/aromatic N) is 3. The molecule has 0 aliphatic heterocycles. The Morgan fingerprint density at radius 1 is 0.289 bits per heavy atom. The van der Waals surface area contributed by atoms with E-state index in [-0.39, 0.29) is 14.1 Å². The van der Waals surface area contributed by atoms with Gasteiger partial charge < -0.3 is 27.6 Å². The maximum atomic E-state index is 2.29. The minimum absolute atomic E-state index is 0. The number of quaternary nitrogens is 3. The van der Waals surface area contributed by atoms with Gasteiger partial charge in [0.1, 0.15) is 19.6 Å². The van der Waals surface area contributed by atoms with Gasteiger partial charge in [0.05, 0.1) is 58.9 Å². The van der Waals surface area contributed by atoms with Crippen molar-refractivity contribution in [2.45, 2.75) is 81.9 Å². The summed E-state index contributed by atoms with van der Waals surface area (Å²) in [6.45, 7) is 35.1. The van der Waals surface area contributed by atoms with E-state index in [0.717, 1.165) is 0 Å². The third-order valence-corrected chi connectivity index (χ3v) is 10.1. The summed E-state index contributed by atoms with van der Waals surface area (Å²) in [6.07, 6.45) is 0. The number of halogens is 3. The van der Waals surface area contributed by atoms with Gasteiger partial charge >= 0.3 is 0 Å². The monoisotopic (exact) mass is 634 g/mol. The van der Waals surface area contributed by atoms with Gasteiger partial charge in [-0.3, -0.25) is 0 Å². The molecule has 0 heterocycles. The van der Waals surface area contributed by atoms with Crippen molar-refractivity contribution < 1.29 is 27.6 Å². The van der Waals surface area contributed by atoms with Gasteiger partial charge in [0.2, 0.25) is 0 Å². The highest BCUT2D eigenvalue weighted by Crippen LogP contribution is 2.15. The third kappa shape index (κ3) is 15.9. The molecule has 0 bridgehead atoms. The lowest BCUT2D eigenvalue weighted by Gasteiger charge is -2.35. The van der Waals surface area contributed by atoms with Gasteiger partial charge in [-0.15, -0.1) is 0 Å². The van der Waals surface area contributed by atoms with Crippen LogP contribution in [0.2, 0.25) is 0 Å². The zero-order chi connectivity index (χ0) is 31.3. The molecule has 3 nitrogen and oxygen atoms in total. The average molecular weight is 634 g/mol. The van der Waals surface area contributed by atoms with Crippen molar-refractivity contribution in [2.75, 3.05) is 58.9 Å². The number of rotatable bonds is 15. The molecule has 0 radical (unpaired) electrons. The summed E-state index contributed by atoms with van der Waals surface area (Å²) < 4.78 is 3.60. The summed E-state index contributed by atoms with van der Waals surface area (Å²) in [6, 6.07) is 32.4. The fourth-order valence-corrected chi connectivity index (χ4v) is 5.93. The van der Waals surface area contributed by atoms with Crippen LogP contribution in [0.25, 0.3) is 0 Å². The van der Waals surface area contributed by atoms with Crippen molar-refractivity contribution in [3.63, 3.8) is 0 Å². The molecular formula is C39H66F3N3. The largest absolute Gasteiger partial charge is 1.00 e. The Hall–Kier alpha value is -2.67. The topological polar surface area (TPSA) is 0 Å². The van der Waals surface area contributed by atoms with Gasteiger partial charge in [-0.2, -0.15) is 0 Å². The van der Waals surface area contributed by atoms with Gasteiger partial charge in [0.25, 0.3) is 0 Å². The lowest BCUT2D eigenvalue weighted by Crippen LogP contribution is -3.00. The minimum Gasteiger partial charge on any atom is -1.00 e. The highest BCUT2D eigenvalue weighted by atomic mass is 19.0. The average Bonchev–Trinajstić information content (AvgIpc) is 3.07.